The predicted octanol–water partition coefficient (Wildman–Crippen LogP) is 3.81. The lowest BCUT2D eigenvalue weighted by atomic mass is 9.98. The van der Waals surface area contributed by atoms with Crippen LogP contribution >= 0.6 is 35.3 Å². The van der Waals surface area contributed by atoms with E-state index in [1.54, 1.807) is 11.3 Å². The van der Waals surface area contributed by atoms with Crippen LogP contribution in [0.25, 0.3) is 0 Å². The Hall–Kier alpha value is -0.410. The van der Waals surface area contributed by atoms with Crippen LogP contribution in [0.1, 0.15) is 63.6 Å². The van der Waals surface area contributed by atoms with E-state index in [4.69, 9.17) is 0 Å². The number of hydrogen-bond donors (Lipinski definition) is 2. The molecule has 0 atom stereocenters. The number of rotatable bonds is 6. The predicted molar refractivity (Wildman–Crippen MR) is 119 cm³/mol. The molecule has 1 aromatic rings. The van der Waals surface area contributed by atoms with E-state index in [0.29, 0.717) is 12.5 Å². The first-order valence-corrected chi connectivity index (χ1v) is 9.94. The van der Waals surface area contributed by atoms with Gasteiger partial charge in [-0.05, 0) is 39.8 Å². The summed E-state index contributed by atoms with van der Waals surface area (Å²) in [7, 11) is 1.82. The van der Waals surface area contributed by atoms with Gasteiger partial charge in [-0.25, -0.2) is 4.98 Å². The number of guanidine groups is 1. The molecule has 5 nitrogen and oxygen atoms in total. The molecule has 0 spiro atoms. The maximum absolute atomic E-state index is 4.66. The van der Waals surface area contributed by atoms with Crippen molar-refractivity contribution in [3.05, 3.63) is 16.1 Å². The molecule has 1 fully saturated rings. The van der Waals surface area contributed by atoms with Gasteiger partial charge in [0.1, 0.15) is 0 Å². The summed E-state index contributed by atoms with van der Waals surface area (Å²) in [5.41, 5.74) is 1.23. The Balaban J connectivity index is 0.00000312. The smallest absolute Gasteiger partial charge is 0.191 e. The summed E-state index contributed by atoms with van der Waals surface area (Å²) < 4.78 is 0. The molecule has 1 aliphatic heterocycles. The first-order valence-electron chi connectivity index (χ1n) is 9.06. The number of nitrogens with zero attached hydrogens (tertiary/aromatic N) is 3. The molecule has 7 heteroatoms. The highest BCUT2D eigenvalue weighted by Crippen LogP contribution is 2.20. The van der Waals surface area contributed by atoms with Gasteiger partial charge in [0.15, 0.2) is 5.96 Å². The minimum absolute atomic E-state index is 0. The standard InChI is InChI=1S/C18H33N5S.HI/c1-14(2)16-22-15(12-24-16)11-20-17(19-5)21-13-18(3,4)23-9-7-6-8-10-23;/h12,14H,6-11,13H2,1-5H3,(H2,19,20,21);1H. The highest BCUT2D eigenvalue weighted by molar-refractivity contribution is 14.0. The molecule has 0 saturated carbocycles. The number of halogens is 1. The lowest BCUT2D eigenvalue weighted by Gasteiger charge is -2.41. The monoisotopic (exact) mass is 479 g/mol. The van der Waals surface area contributed by atoms with E-state index in [1.807, 2.05) is 7.05 Å². The number of aliphatic imine (C=N–C) groups is 1. The lowest BCUT2D eigenvalue weighted by Crippen LogP contribution is -2.54. The third-order valence-electron chi connectivity index (χ3n) is 4.62. The van der Waals surface area contributed by atoms with E-state index in [1.165, 1.54) is 37.4 Å². The average molecular weight is 479 g/mol. The van der Waals surface area contributed by atoms with Gasteiger partial charge in [-0.1, -0.05) is 20.3 Å². The van der Waals surface area contributed by atoms with E-state index in [2.05, 4.69) is 58.6 Å². The molecule has 0 radical (unpaired) electrons. The first-order chi connectivity index (χ1) is 11.4. The minimum atomic E-state index is 0. The van der Waals surface area contributed by atoms with Crippen LogP contribution in [0, 0.1) is 0 Å². The van der Waals surface area contributed by atoms with E-state index < -0.39 is 0 Å². The second kappa shape index (κ2) is 10.7. The molecule has 1 aliphatic rings. The maximum atomic E-state index is 4.66. The van der Waals surface area contributed by atoms with Crippen molar-refractivity contribution in [1.82, 2.24) is 20.5 Å². The summed E-state index contributed by atoms with van der Waals surface area (Å²) in [5.74, 6) is 1.34. The summed E-state index contributed by atoms with van der Waals surface area (Å²) in [5, 5.41) is 10.2. The zero-order valence-electron chi connectivity index (χ0n) is 16.3. The van der Waals surface area contributed by atoms with Crippen molar-refractivity contribution in [1.29, 1.82) is 0 Å². The molecule has 1 aromatic heterocycles. The van der Waals surface area contributed by atoms with Gasteiger partial charge in [0, 0.05) is 30.4 Å². The topological polar surface area (TPSA) is 52.6 Å². The quantitative estimate of drug-likeness (QED) is 0.370. The Morgan fingerprint density at radius 3 is 2.52 bits per heavy atom. The SMILES string of the molecule is CN=C(NCc1csc(C(C)C)n1)NCC(C)(C)N1CCCCC1.I. The van der Waals surface area contributed by atoms with Crippen LogP contribution < -0.4 is 10.6 Å². The molecule has 0 unspecified atom stereocenters. The summed E-state index contributed by atoms with van der Waals surface area (Å²) in [4.78, 5) is 11.6. The van der Waals surface area contributed by atoms with Gasteiger partial charge in [0.25, 0.3) is 0 Å². The van der Waals surface area contributed by atoms with Gasteiger partial charge in [-0.3, -0.25) is 9.89 Å². The Bertz CT molecular complexity index is 535. The normalized spacial score (nSPS) is 16.6. The van der Waals surface area contributed by atoms with Gasteiger partial charge < -0.3 is 10.6 Å². The number of nitrogens with one attached hydrogen (secondary N) is 2. The van der Waals surface area contributed by atoms with E-state index in [0.717, 1.165) is 18.2 Å². The van der Waals surface area contributed by atoms with Crippen molar-refractivity contribution in [3.63, 3.8) is 0 Å². The van der Waals surface area contributed by atoms with E-state index >= 15 is 0 Å². The Morgan fingerprint density at radius 2 is 1.96 bits per heavy atom. The fraction of sp³-hybridized carbons (Fsp3) is 0.778. The van der Waals surface area contributed by atoms with Crippen LogP contribution in [0.3, 0.4) is 0 Å². The van der Waals surface area contributed by atoms with Crippen LogP contribution in [0.4, 0.5) is 0 Å². The van der Waals surface area contributed by atoms with Crippen LogP contribution in [0.5, 0.6) is 0 Å². The first kappa shape index (κ1) is 22.6. The molecule has 144 valence electrons. The number of likely N-dealkylation sites (tertiary alicyclic amines) is 1. The van der Waals surface area contributed by atoms with Gasteiger partial charge in [-0.15, -0.1) is 35.3 Å². The third kappa shape index (κ3) is 7.02. The van der Waals surface area contributed by atoms with Crippen molar-refractivity contribution < 1.29 is 0 Å². The second-order valence-electron chi connectivity index (χ2n) is 7.47. The van der Waals surface area contributed by atoms with Crippen LogP contribution in [0.15, 0.2) is 10.4 Å². The lowest BCUT2D eigenvalue weighted by molar-refractivity contribution is 0.0982. The molecular formula is C18H34IN5S. The molecule has 0 amide bonds. The summed E-state index contributed by atoms with van der Waals surface area (Å²) >= 11 is 1.74. The molecule has 25 heavy (non-hydrogen) atoms. The Kier molecular flexibility index (Phi) is 9.66. The van der Waals surface area contributed by atoms with Crippen LogP contribution in [-0.2, 0) is 6.54 Å². The van der Waals surface area contributed by atoms with Gasteiger partial charge in [0.2, 0.25) is 0 Å². The Morgan fingerprint density at radius 1 is 1.28 bits per heavy atom. The molecule has 0 aliphatic carbocycles. The van der Waals surface area contributed by atoms with E-state index in [9.17, 15) is 0 Å². The van der Waals surface area contributed by atoms with Gasteiger partial charge >= 0.3 is 0 Å². The Labute approximate surface area is 174 Å². The zero-order valence-corrected chi connectivity index (χ0v) is 19.4. The molecular weight excluding hydrogens is 445 g/mol. The molecule has 2 heterocycles. The zero-order chi connectivity index (χ0) is 17.6. The molecule has 0 bridgehead atoms. The van der Waals surface area contributed by atoms with Crippen LogP contribution in [0.2, 0.25) is 0 Å². The fourth-order valence-electron chi connectivity index (χ4n) is 2.97. The fourth-order valence-corrected chi connectivity index (χ4v) is 3.81. The van der Waals surface area contributed by atoms with Crippen molar-refractivity contribution in [3.8, 4) is 0 Å². The molecule has 2 N–H and O–H groups in total. The van der Waals surface area contributed by atoms with Crippen molar-refractivity contribution in [2.24, 2.45) is 4.99 Å². The van der Waals surface area contributed by atoms with Gasteiger partial charge in [-0.2, -0.15) is 0 Å². The summed E-state index contributed by atoms with van der Waals surface area (Å²) in [6, 6.07) is 0. The largest absolute Gasteiger partial charge is 0.355 e. The number of piperidine rings is 1. The average Bonchev–Trinajstić information content (AvgIpc) is 3.05. The molecule has 2 rings (SSSR count). The highest BCUT2D eigenvalue weighted by Gasteiger charge is 2.27. The minimum Gasteiger partial charge on any atom is -0.355 e. The molecule has 0 aromatic carbocycles. The van der Waals surface area contributed by atoms with Crippen molar-refractivity contribution in [2.45, 2.75) is 65.0 Å². The third-order valence-corrected chi connectivity index (χ3v) is 5.82. The van der Waals surface area contributed by atoms with Gasteiger partial charge in [0.05, 0.1) is 17.2 Å². The van der Waals surface area contributed by atoms with Crippen LogP contribution in [-0.4, -0.2) is 48.1 Å². The summed E-state index contributed by atoms with van der Waals surface area (Å²) in [6.07, 6.45) is 4.01. The number of aromatic nitrogens is 1. The number of thiazole rings is 1. The molecule has 1 saturated heterocycles. The number of hydrogen-bond acceptors (Lipinski definition) is 4. The highest BCUT2D eigenvalue weighted by atomic mass is 127. The summed E-state index contributed by atoms with van der Waals surface area (Å²) in [6.45, 7) is 13.0. The second-order valence-corrected chi connectivity index (χ2v) is 8.36. The van der Waals surface area contributed by atoms with Crippen molar-refractivity contribution >= 4 is 41.3 Å². The van der Waals surface area contributed by atoms with E-state index in [-0.39, 0.29) is 29.5 Å². The maximum Gasteiger partial charge on any atom is 0.191 e. The van der Waals surface area contributed by atoms with Crippen molar-refractivity contribution in [2.75, 3.05) is 26.7 Å².